The molecule has 0 N–H and O–H groups in total. The summed E-state index contributed by atoms with van der Waals surface area (Å²) in [6, 6.07) is 19.1. The van der Waals surface area contributed by atoms with Gasteiger partial charge < -0.3 is 23.7 Å². The fourth-order valence-electron chi connectivity index (χ4n) is 8.00. The molecule has 286 valence electrons. The Kier molecular flexibility index (Phi) is 15.8. The van der Waals surface area contributed by atoms with Gasteiger partial charge in [-0.3, -0.25) is 4.79 Å². The van der Waals surface area contributed by atoms with E-state index in [1.807, 2.05) is 60.7 Å². The van der Waals surface area contributed by atoms with Gasteiger partial charge in [-0.1, -0.05) is 144 Å². The van der Waals surface area contributed by atoms with Gasteiger partial charge in [0.25, 0.3) is 0 Å². The lowest BCUT2D eigenvalue weighted by Crippen LogP contribution is -2.47. The number of carbonyl (C=O) groups excluding carboxylic acids is 2. The first-order valence-electron chi connectivity index (χ1n) is 20.5. The van der Waals surface area contributed by atoms with Crippen molar-refractivity contribution in [1.82, 2.24) is 0 Å². The van der Waals surface area contributed by atoms with Gasteiger partial charge >= 0.3 is 11.9 Å². The van der Waals surface area contributed by atoms with Crippen LogP contribution < -0.4 is 0 Å². The van der Waals surface area contributed by atoms with Crippen molar-refractivity contribution in [2.45, 2.75) is 153 Å². The standard InChI is InChI=1S/C45H64O7/c1-4-6-8-10-11-12-20-26-41(51-42(46)37-28-30-48-33-37)52-45(38-22-16-13-17-23-38,39-24-18-14-19-25-39)43(47)50-40-31-36(27-29-44(32-40)34-49-44)35(3)21-15-9-7-5-2/h13-14,16-19,22-25,36-37,40-41H,3-12,15,20-21,26-34H2,1-2H3. The number of esters is 2. The van der Waals surface area contributed by atoms with E-state index >= 15 is 4.79 Å². The molecule has 0 bridgehead atoms. The maximum atomic E-state index is 15.2. The van der Waals surface area contributed by atoms with Gasteiger partial charge in [-0.05, 0) is 62.0 Å². The van der Waals surface area contributed by atoms with Crippen molar-refractivity contribution in [2.24, 2.45) is 11.8 Å². The second-order valence-electron chi connectivity index (χ2n) is 15.5. The molecule has 7 heteroatoms. The minimum atomic E-state index is -1.67. The highest BCUT2D eigenvalue weighted by atomic mass is 16.7. The summed E-state index contributed by atoms with van der Waals surface area (Å²) in [6.45, 7) is 10.6. The lowest BCUT2D eigenvalue weighted by Gasteiger charge is -2.37. The van der Waals surface area contributed by atoms with Crippen molar-refractivity contribution in [1.29, 1.82) is 0 Å². The zero-order valence-corrected chi connectivity index (χ0v) is 32.0. The van der Waals surface area contributed by atoms with Crippen LogP contribution in [-0.2, 0) is 38.9 Å². The number of carbonyl (C=O) groups is 2. The van der Waals surface area contributed by atoms with E-state index < -0.39 is 17.9 Å². The normalized spacial score (nSPS) is 23.5. The van der Waals surface area contributed by atoms with Gasteiger partial charge in [-0.15, -0.1) is 0 Å². The molecule has 5 atom stereocenters. The molecule has 3 fully saturated rings. The van der Waals surface area contributed by atoms with E-state index in [9.17, 15) is 4.79 Å². The second kappa shape index (κ2) is 20.5. The summed E-state index contributed by atoms with van der Waals surface area (Å²) in [6.07, 6.45) is 16.6. The quantitative estimate of drug-likeness (QED) is 0.0394. The zero-order valence-electron chi connectivity index (χ0n) is 32.0. The van der Waals surface area contributed by atoms with E-state index in [-0.39, 0.29) is 29.5 Å². The van der Waals surface area contributed by atoms with Crippen molar-refractivity contribution in [2.75, 3.05) is 19.8 Å². The topological polar surface area (TPSA) is 83.6 Å². The lowest BCUT2D eigenvalue weighted by atomic mass is 9.85. The smallest absolute Gasteiger partial charge is 0.348 e. The van der Waals surface area contributed by atoms with E-state index in [2.05, 4.69) is 20.4 Å². The highest BCUT2D eigenvalue weighted by molar-refractivity contribution is 5.86. The maximum absolute atomic E-state index is 15.2. The number of unbranched alkanes of at least 4 members (excludes halogenated alkanes) is 9. The Hall–Kier alpha value is -3.00. The number of hydrogen-bond acceptors (Lipinski definition) is 7. The van der Waals surface area contributed by atoms with Crippen LogP contribution in [0.4, 0.5) is 0 Å². The zero-order chi connectivity index (χ0) is 36.7. The molecule has 5 rings (SSSR count). The van der Waals surface area contributed by atoms with Crippen molar-refractivity contribution < 1.29 is 33.3 Å². The Labute approximate surface area is 313 Å². The summed E-state index contributed by atoms with van der Waals surface area (Å²) < 4.78 is 31.5. The van der Waals surface area contributed by atoms with Gasteiger partial charge in [0.15, 0.2) is 0 Å². The molecule has 0 amide bonds. The van der Waals surface area contributed by atoms with Gasteiger partial charge in [0.1, 0.15) is 6.10 Å². The van der Waals surface area contributed by atoms with Crippen molar-refractivity contribution in [3.8, 4) is 0 Å². The Morgan fingerprint density at radius 3 is 2.06 bits per heavy atom. The number of ether oxygens (including phenoxy) is 5. The lowest BCUT2D eigenvalue weighted by molar-refractivity contribution is -0.225. The average molecular weight is 717 g/mol. The van der Waals surface area contributed by atoms with Crippen LogP contribution in [0.2, 0.25) is 0 Å². The highest BCUT2D eigenvalue weighted by Gasteiger charge is 2.52. The largest absolute Gasteiger partial charge is 0.460 e. The van der Waals surface area contributed by atoms with Gasteiger partial charge in [-0.25, -0.2) is 4.79 Å². The molecular formula is C45H64O7. The molecular weight excluding hydrogens is 652 g/mol. The number of allylic oxidation sites excluding steroid dienone is 1. The summed E-state index contributed by atoms with van der Waals surface area (Å²) in [5.41, 5.74) is 0.611. The Morgan fingerprint density at radius 2 is 1.46 bits per heavy atom. The van der Waals surface area contributed by atoms with Crippen molar-refractivity contribution >= 4 is 11.9 Å². The monoisotopic (exact) mass is 716 g/mol. The number of benzene rings is 2. The SMILES string of the molecule is C=C(CCCCCC)C1CCC2(CO2)CC(OC(=O)C(OC(CCCCCCCCC)OC(=O)C2CCOC2)(c2ccccc2)c2ccccc2)C1. The van der Waals surface area contributed by atoms with Crippen LogP contribution in [-0.4, -0.2) is 49.8 Å². The van der Waals surface area contributed by atoms with Gasteiger partial charge in [-0.2, -0.15) is 0 Å². The Morgan fingerprint density at radius 1 is 0.846 bits per heavy atom. The van der Waals surface area contributed by atoms with Crippen LogP contribution in [0.15, 0.2) is 72.8 Å². The Bertz CT molecular complexity index is 1330. The molecule has 2 aliphatic heterocycles. The van der Waals surface area contributed by atoms with Crippen molar-refractivity contribution in [3.63, 3.8) is 0 Å². The van der Waals surface area contributed by atoms with Crippen LogP contribution in [0, 0.1) is 11.8 Å². The number of rotatable bonds is 22. The second-order valence-corrected chi connectivity index (χ2v) is 15.5. The first kappa shape index (κ1) is 40.2. The van der Waals surface area contributed by atoms with Crippen LogP contribution in [0.25, 0.3) is 0 Å². The number of epoxide rings is 1. The highest BCUT2D eigenvalue weighted by Crippen LogP contribution is 2.46. The summed E-state index contributed by atoms with van der Waals surface area (Å²) in [7, 11) is 0. The van der Waals surface area contributed by atoms with E-state index in [4.69, 9.17) is 23.7 Å². The van der Waals surface area contributed by atoms with Gasteiger partial charge in [0.2, 0.25) is 11.9 Å². The first-order valence-corrected chi connectivity index (χ1v) is 20.5. The predicted octanol–water partition coefficient (Wildman–Crippen LogP) is 10.4. The fourth-order valence-corrected chi connectivity index (χ4v) is 8.00. The molecule has 52 heavy (non-hydrogen) atoms. The molecule has 2 heterocycles. The van der Waals surface area contributed by atoms with Crippen LogP contribution in [0.3, 0.4) is 0 Å². The third-order valence-corrected chi connectivity index (χ3v) is 11.4. The van der Waals surface area contributed by atoms with Crippen LogP contribution >= 0.6 is 0 Å². The van der Waals surface area contributed by atoms with Crippen LogP contribution in [0.5, 0.6) is 0 Å². The van der Waals surface area contributed by atoms with E-state index in [0.717, 1.165) is 44.9 Å². The van der Waals surface area contributed by atoms with E-state index in [0.29, 0.717) is 56.6 Å². The third kappa shape index (κ3) is 11.3. The summed E-state index contributed by atoms with van der Waals surface area (Å²) in [5.74, 6) is -0.926. The summed E-state index contributed by atoms with van der Waals surface area (Å²) in [5, 5.41) is 0. The molecule has 2 aromatic rings. The van der Waals surface area contributed by atoms with Crippen LogP contribution in [0.1, 0.15) is 141 Å². The van der Waals surface area contributed by atoms with Gasteiger partial charge in [0, 0.05) is 19.4 Å². The van der Waals surface area contributed by atoms with Gasteiger partial charge in [0.05, 0.1) is 24.7 Å². The first-order chi connectivity index (χ1) is 25.4. The Balaban J connectivity index is 1.43. The molecule has 1 saturated carbocycles. The predicted molar refractivity (Wildman–Crippen MR) is 205 cm³/mol. The summed E-state index contributed by atoms with van der Waals surface area (Å²) in [4.78, 5) is 28.7. The van der Waals surface area contributed by atoms with E-state index in [1.165, 1.54) is 50.5 Å². The molecule has 5 unspecified atom stereocenters. The summed E-state index contributed by atoms with van der Waals surface area (Å²) >= 11 is 0. The van der Waals surface area contributed by atoms with E-state index in [1.54, 1.807) is 0 Å². The number of hydrogen-bond donors (Lipinski definition) is 0. The molecule has 0 radical (unpaired) electrons. The molecule has 1 aliphatic carbocycles. The molecule has 0 aromatic heterocycles. The molecule has 3 aliphatic rings. The minimum absolute atomic E-state index is 0.246. The molecule has 1 spiro atoms. The van der Waals surface area contributed by atoms with Crippen molar-refractivity contribution in [3.05, 3.63) is 83.9 Å². The average Bonchev–Trinajstić information content (AvgIpc) is 3.75. The third-order valence-electron chi connectivity index (χ3n) is 11.4. The maximum Gasteiger partial charge on any atom is 0.348 e. The molecule has 2 saturated heterocycles. The molecule has 7 nitrogen and oxygen atoms in total. The fraction of sp³-hybridized carbons (Fsp3) is 0.644. The molecule has 2 aromatic carbocycles. The minimum Gasteiger partial charge on any atom is -0.460 e.